The summed E-state index contributed by atoms with van der Waals surface area (Å²) < 4.78 is 1.08. The van der Waals surface area contributed by atoms with Crippen LogP contribution in [0.1, 0.15) is 41.9 Å². The Balaban J connectivity index is 1.85. The van der Waals surface area contributed by atoms with Crippen molar-refractivity contribution in [3.63, 3.8) is 0 Å². The van der Waals surface area contributed by atoms with Crippen molar-refractivity contribution in [3.05, 3.63) is 44.4 Å². The molecular weight excluding hydrogens is 292 g/mol. The molecule has 3 nitrogen and oxygen atoms in total. The van der Waals surface area contributed by atoms with E-state index in [0.29, 0.717) is 0 Å². The Labute approximate surface area is 133 Å². The SMILES string of the molecule is CCC1CCc2c(sc3cc(C4N=CC=N4)ccc3c2=O)C1. The van der Waals surface area contributed by atoms with Crippen molar-refractivity contribution in [3.8, 4) is 0 Å². The first-order valence-electron chi connectivity index (χ1n) is 7.89. The fraction of sp³-hybridized carbons (Fsp3) is 0.389. The predicted molar refractivity (Wildman–Crippen MR) is 93.6 cm³/mol. The van der Waals surface area contributed by atoms with Crippen molar-refractivity contribution in [1.29, 1.82) is 0 Å². The number of aliphatic imine (C=N–C) groups is 2. The molecule has 1 aliphatic carbocycles. The van der Waals surface area contributed by atoms with Crippen LogP contribution in [0, 0.1) is 5.92 Å². The fourth-order valence-electron chi connectivity index (χ4n) is 3.38. The van der Waals surface area contributed by atoms with Gasteiger partial charge >= 0.3 is 0 Å². The third kappa shape index (κ3) is 2.22. The summed E-state index contributed by atoms with van der Waals surface area (Å²) in [7, 11) is 0. The molecule has 0 spiro atoms. The largest absolute Gasteiger partial charge is 0.289 e. The maximum Gasteiger partial charge on any atom is 0.191 e. The lowest BCUT2D eigenvalue weighted by Gasteiger charge is -2.22. The number of benzene rings is 1. The highest BCUT2D eigenvalue weighted by Crippen LogP contribution is 2.33. The van der Waals surface area contributed by atoms with E-state index in [1.54, 1.807) is 23.8 Å². The summed E-state index contributed by atoms with van der Waals surface area (Å²) in [6.07, 6.45) is 7.69. The van der Waals surface area contributed by atoms with E-state index >= 15 is 0 Å². The van der Waals surface area contributed by atoms with Gasteiger partial charge in [-0.05, 0) is 42.9 Å². The number of fused-ring (bicyclic) bond motifs is 2. The van der Waals surface area contributed by atoms with E-state index in [1.165, 1.54) is 11.3 Å². The maximum atomic E-state index is 12.7. The zero-order valence-corrected chi connectivity index (χ0v) is 13.4. The lowest BCUT2D eigenvalue weighted by Crippen LogP contribution is -2.20. The topological polar surface area (TPSA) is 41.8 Å². The van der Waals surface area contributed by atoms with Gasteiger partial charge in [0.2, 0.25) is 0 Å². The molecule has 4 rings (SSSR count). The summed E-state index contributed by atoms with van der Waals surface area (Å²) in [6.45, 7) is 2.24. The van der Waals surface area contributed by atoms with Crippen LogP contribution in [0.3, 0.4) is 0 Å². The number of nitrogens with zero attached hydrogens (tertiary/aromatic N) is 2. The van der Waals surface area contributed by atoms with Gasteiger partial charge < -0.3 is 0 Å². The fourth-order valence-corrected chi connectivity index (χ4v) is 4.75. The van der Waals surface area contributed by atoms with Crippen LogP contribution in [-0.4, -0.2) is 12.4 Å². The summed E-state index contributed by atoms with van der Waals surface area (Å²) in [5.41, 5.74) is 2.37. The van der Waals surface area contributed by atoms with Gasteiger partial charge in [-0.1, -0.05) is 19.4 Å². The van der Waals surface area contributed by atoms with E-state index < -0.39 is 0 Å². The van der Waals surface area contributed by atoms with Crippen LogP contribution in [0.25, 0.3) is 10.1 Å². The lowest BCUT2D eigenvalue weighted by atomic mass is 9.86. The summed E-state index contributed by atoms with van der Waals surface area (Å²) in [5.74, 6) is 0.729. The van der Waals surface area contributed by atoms with Gasteiger partial charge in [-0.25, -0.2) is 0 Å². The van der Waals surface area contributed by atoms with Gasteiger partial charge in [-0.3, -0.25) is 14.8 Å². The summed E-state index contributed by atoms with van der Waals surface area (Å²) in [4.78, 5) is 22.7. The standard InChI is InChI=1S/C18H18N2OS/c1-2-11-3-5-13-15(9-11)22-16-10-12(18-19-7-8-20-18)4-6-14(16)17(13)21/h4,6-8,10-11,18H,2-3,5,9H2,1H3. The first-order valence-corrected chi connectivity index (χ1v) is 8.71. The second-order valence-electron chi connectivity index (χ2n) is 6.08. The Morgan fingerprint density at radius 1 is 1.27 bits per heavy atom. The summed E-state index contributed by atoms with van der Waals surface area (Å²) in [6, 6.07) is 6.05. The number of rotatable bonds is 2. The third-order valence-corrected chi connectivity index (χ3v) is 5.98. The van der Waals surface area contributed by atoms with Crippen molar-refractivity contribution in [1.82, 2.24) is 0 Å². The number of hydrogen-bond donors (Lipinski definition) is 0. The Bertz CT molecular complexity index is 838. The van der Waals surface area contributed by atoms with Gasteiger partial charge in [0.25, 0.3) is 0 Å². The molecule has 2 heterocycles. The van der Waals surface area contributed by atoms with Crippen LogP contribution in [0.15, 0.2) is 33.0 Å². The van der Waals surface area contributed by atoms with E-state index in [2.05, 4.69) is 23.0 Å². The molecule has 1 atom stereocenters. The smallest absolute Gasteiger partial charge is 0.191 e. The molecule has 1 aromatic heterocycles. The highest BCUT2D eigenvalue weighted by Gasteiger charge is 2.22. The van der Waals surface area contributed by atoms with Gasteiger partial charge in [0.05, 0.1) is 0 Å². The lowest BCUT2D eigenvalue weighted by molar-refractivity contribution is 0.448. The van der Waals surface area contributed by atoms with Gasteiger partial charge in [-0.2, -0.15) is 0 Å². The molecule has 112 valence electrons. The molecule has 0 bridgehead atoms. The average molecular weight is 310 g/mol. The summed E-state index contributed by atoms with van der Waals surface area (Å²) >= 11 is 1.79. The molecule has 4 heteroatoms. The van der Waals surface area contributed by atoms with Crippen molar-refractivity contribution >= 4 is 33.9 Å². The predicted octanol–water partition coefficient (Wildman–Crippen LogP) is 3.93. The molecule has 22 heavy (non-hydrogen) atoms. The van der Waals surface area contributed by atoms with E-state index in [0.717, 1.165) is 46.4 Å². The maximum absolute atomic E-state index is 12.7. The van der Waals surface area contributed by atoms with Gasteiger partial charge in [0.15, 0.2) is 11.6 Å². The van der Waals surface area contributed by atoms with E-state index in [9.17, 15) is 4.79 Å². The van der Waals surface area contributed by atoms with Gasteiger partial charge in [-0.15, -0.1) is 11.3 Å². The van der Waals surface area contributed by atoms with Crippen LogP contribution >= 0.6 is 11.3 Å². The van der Waals surface area contributed by atoms with Crippen molar-refractivity contribution in [2.75, 3.05) is 0 Å². The van der Waals surface area contributed by atoms with Gasteiger partial charge in [0.1, 0.15) is 0 Å². The Kier molecular flexibility index (Phi) is 3.41. The van der Waals surface area contributed by atoms with Gasteiger partial charge in [0, 0.05) is 33.0 Å². The van der Waals surface area contributed by atoms with Crippen LogP contribution in [0.2, 0.25) is 0 Å². The highest BCUT2D eigenvalue weighted by molar-refractivity contribution is 7.18. The molecule has 0 saturated carbocycles. The number of hydrogen-bond acceptors (Lipinski definition) is 4. The zero-order valence-electron chi connectivity index (χ0n) is 12.6. The molecule has 0 fully saturated rings. The Morgan fingerprint density at radius 2 is 2.09 bits per heavy atom. The molecule has 1 aliphatic heterocycles. The molecule has 2 aromatic rings. The molecule has 0 saturated heterocycles. The molecule has 0 N–H and O–H groups in total. The second kappa shape index (κ2) is 5.43. The van der Waals surface area contributed by atoms with Crippen molar-refractivity contribution in [2.24, 2.45) is 15.9 Å². The van der Waals surface area contributed by atoms with Crippen LogP contribution in [0.4, 0.5) is 0 Å². The summed E-state index contributed by atoms with van der Waals surface area (Å²) in [5, 5.41) is 0.855. The minimum atomic E-state index is -0.133. The third-order valence-electron chi connectivity index (χ3n) is 4.77. The molecular formula is C18H18N2OS. The van der Waals surface area contributed by atoms with E-state index in [1.807, 2.05) is 12.1 Å². The van der Waals surface area contributed by atoms with Crippen molar-refractivity contribution < 1.29 is 0 Å². The molecule has 2 aliphatic rings. The molecule has 1 unspecified atom stereocenters. The van der Waals surface area contributed by atoms with Crippen molar-refractivity contribution in [2.45, 2.75) is 38.8 Å². The Hall–Kier alpha value is -1.81. The zero-order chi connectivity index (χ0) is 15.1. The normalized spacial score (nSPS) is 20.7. The second-order valence-corrected chi connectivity index (χ2v) is 7.21. The monoisotopic (exact) mass is 310 g/mol. The average Bonchev–Trinajstić information content (AvgIpc) is 3.08. The molecule has 0 radical (unpaired) electrons. The van der Waals surface area contributed by atoms with Crippen LogP contribution in [0.5, 0.6) is 0 Å². The molecule has 1 aromatic carbocycles. The quantitative estimate of drug-likeness (QED) is 0.828. The van der Waals surface area contributed by atoms with Crippen LogP contribution < -0.4 is 5.43 Å². The van der Waals surface area contributed by atoms with Crippen LogP contribution in [-0.2, 0) is 12.8 Å². The highest BCUT2D eigenvalue weighted by atomic mass is 32.1. The van der Waals surface area contributed by atoms with E-state index in [-0.39, 0.29) is 11.6 Å². The molecule has 0 amide bonds. The first kappa shape index (κ1) is 13.8. The van der Waals surface area contributed by atoms with E-state index in [4.69, 9.17) is 0 Å². The first-order chi connectivity index (χ1) is 10.8. The minimum Gasteiger partial charge on any atom is -0.289 e. The Morgan fingerprint density at radius 3 is 2.86 bits per heavy atom. The minimum absolute atomic E-state index is 0.133.